The van der Waals surface area contributed by atoms with Gasteiger partial charge in [0.1, 0.15) is 11.5 Å². The molecule has 0 radical (unpaired) electrons. The van der Waals surface area contributed by atoms with E-state index in [1.807, 2.05) is 0 Å². The SMILES string of the molecule is C/[P+]([O-])=C/CC(=C=O)C(=O)O. The van der Waals surface area contributed by atoms with E-state index in [1.54, 1.807) is 0 Å². The Balaban J connectivity index is 4.25. The first kappa shape index (κ1) is 10.0. The summed E-state index contributed by atoms with van der Waals surface area (Å²) in [5.74, 6) is 1.22. The van der Waals surface area contributed by atoms with Crippen LogP contribution in [0.5, 0.6) is 0 Å². The summed E-state index contributed by atoms with van der Waals surface area (Å²) in [6, 6.07) is 0. The second kappa shape index (κ2) is 4.80. The van der Waals surface area contributed by atoms with Crippen molar-refractivity contribution in [3.63, 3.8) is 0 Å². The number of carbonyl (C=O) groups excluding carboxylic acids is 1. The third-order valence-corrected chi connectivity index (χ3v) is 1.63. The molecule has 1 atom stereocenters. The Kier molecular flexibility index (Phi) is 4.39. The molecule has 1 unspecified atom stereocenters. The first-order valence-corrected chi connectivity index (χ1v) is 4.56. The summed E-state index contributed by atoms with van der Waals surface area (Å²) in [6.45, 7) is 1.43. The van der Waals surface area contributed by atoms with Gasteiger partial charge in [0.2, 0.25) is 0 Å². The standard InChI is InChI=1S/C6H7O4P/c1-11(10)3-2-5(4-7)6(8)9/h3H,2H2,1H3,(H,8,9). The Labute approximate surface area is 64.6 Å². The van der Waals surface area contributed by atoms with Crippen LogP contribution in [0.25, 0.3) is 0 Å². The zero-order chi connectivity index (χ0) is 8.85. The third-order valence-electron chi connectivity index (χ3n) is 0.934. The largest absolute Gasteiger partial charge is 0.631 e. The van der Waals surface area contributed by atoms with E-state index in [0.717, 1.165) is 0 Å². The minimum atomic E-state index is -1.50. The molecule has 0 rings (SSSR count). The van der Waals surface area contributed by atoms with Gasteiger partial charge in [-0.3, -0.25) is 0 Å². The van der Waals surface area contributed by atoms with E-state index in [0.29, 0.717) is 0 Å². The second-order valence-corrected chi connectivity index (χ2v) is 3.28. The van der Waals surface area contributed by atoms with Crippen LogP contribution in [-0.4, -0.2) is 29.5 Å². The lowest BCUT2D eigenvalue weighted by Crippen LogP contribution is -2.02. The fourth-order valence-electron chi connectivity index (χ4n) is 0.392. The highest BCUT2D eigenvalue weighted by Crippen LogP contribution is 2.04. The van der Waals surface area contributed by atoms with E-state index < -0.39 is 19.3 Å². The predicted octanol–water partition coefficient (Wildman–Crippen LogP) is -0.592. The second-order valence-electron chi connectivity index (χ2n) is 1.82. The maximum atomic E-state index is 10.4. The van der Waals surface area contributed by atoms with Gasteiger partial charge in [0.05, 0.1) is 12.5 Å². The Morgan fingerprint density at radius 1 is 1.82 bits per heavy atom. The average Bonchev–Trinajstić information content (AvgIpc) is 1.87. The monoisotopic (exact) mass is 174 g/mol. The van der Waals surface area contributed by atoms with Gasteiger partial charge >= 0.3 is 5.97 Å². The summed E-state index contributed by atoms with van der Waals surface area (Å²) in [6.07, 6.45) is -0.0927. The van der Waals surface area contributed by atoms with E-state index in [1.165, 1.54) is 18.4 Å². The van der Waals surface area contributed by atoms with Crippen LogP contribution < -0.4 is 4.89 Å². The lowest BCUT2D eigenvalue weighted by Gasteiger charge is -1.89. The molecule has 0 saturated heterocycles. The van der Waals surface area contributed by atoms with E-state index in [4.69, 9.17) is 5.11 Å². The molecule has 11 heavy (non-hydrogen) atoms. The van der Waals surface area contributed by atoms with Crippen LogP contribution in [0.2, 0.25) is 0 Å². The molecule has 0 fully saturated rings. The number of carboxylic acids is 1. The summed E-state index contributed by atoms with van der Waals surface area (Å²) < 4.78 is 0. The normalized spacial score (nSPS) is 10.5. The smallest absolute Gasteiger partial charge is 0.343 e. The molecule has 0 saturated carbocycles. The van der Waals surface area contributed by atoms with Crippen LogP contribution >= 0.6 is 7.77 Å². The Hall–Kier alpha value is -0.950. The highest BCUT2D eigenvalue weighted by molar-refractivity contribution is 7.49. The van der Waals surface area contributed by atoms with Gasteiger partial charge in [-0.05, 0) is 0 Å². The highest BCUT2D eigenvalue weighted by atomic mass is 31.1. The summed E-state index contributed by atoms with van der Waals surface area (Å²) in [7, 11) is -1.50. The van der Waals surface area contributed by atoms with Gasteiger partial charge in [0.15, 0.2) is 0 Å². The summed E-state index contributed by atoms with van der Waals surface area (Å²) in [5.41, 5.74) is -0.393. The number of carboxylic acid groups (broad SMARTS) is 1. The Morgan fingerprint density at radius 2 is 2.36 bits per heavy atom. The van der Waals surface area contributed by atoms with Crippen molar-refractivity contribution >= 4 is 25.5 Å². The molecule has 0 aliphatic heterocycles. The average molecular weight is 174 g/mol. The van der Waals surface area contributed by atoms with Crippen LogP contribution in [0.15, 0.2) is 5.57 Å². The quantitative estimate of drug-likeness (QED) is 0.352. The van der Waals surface area contributed by atoms with Crippen molar-refractivity contribution in [2.45, 2.75) is 6.42 Å². The van der Waals surface area contributed by atoms with Crippen molar-refractivity contribution in [1.29, 1.82) is 0 Å². The molecule has 0 spiro atoms. The Bertz CT molecular complexity index is 233. The van der Waals surface area contributed by atoms with Gasteiger partial charge in [-0.25, -0.2) is 9.59 Å². The summed E-state index contributed by atoms with van der Waals surface area (Å²) in [4.78, 5) is 30.5. The zero-order valence-corrected chi connectivity index (χ0v) is 6.80. The molecule has 1 N–H and O–H groups in total. The molecule has 0 aromatic heterocycles. The van der Waals surface area contributed by atoms with Gasteiger partial charge < -0.3 is 10.00 Å². The van der Waals surface area contributed by atoms with Crippen molar-refractivity contribution in [3.05, 3.63) is 5.57 Å². The number of rotatable bonds is 3. The van der Waals surface area contributed by atoms with Gasteiger partial charge in [0, 0.05) is 14.2 Å². The van der Waals surface area contributed by atoms with Crippen LogP contribution in [0, 0.1) is 0 Å². The van der Waals surface area contributed by atoms with Crippen LogP contribution in [0.4, 0.5) is 0 Å². The topological polar surface area (TPSA) is 77.4 Å². The Morgan fingerprint density at radius 3 is 2.64 bits per heavy atom. The first-order valence-electron chi connectivity index (χ1n) is 2.78. The van der Waals surface area contributed by atoms with E-state index >= 15 is 0 Å². The van der Waals surface area contributed by atoms with Crippen molar-refractivity contribution in [2.24, 2.45) is 0 Å². The van der Waals surface area contributed by atoms with Crippen molar-refractivity contribution < 1.29 is 19.6 Å². The van der Waals surface area contributed by atoms with Crippen molar-refractivity contribution in [2.75, 3.05) is 6.66 Å². The summed E-state index contributed by atoms with van der Waals surface area (Å²) in [5, 5.41) is 8.27. The van der Waals surface area contributed by atoms with E-state index in [-0.39, 0.29) is 6.42 Å². The number of hydrogen-bond acceptors (Lipinski definition) is 3. The fraction of sp³-hybridized carbons (Fsp3) is 0.333. The van der Waals surface area contributed by atoms with Gasteiger partial charge in [0.25, 0.3) is 0 Å². The molecule has 0 heterocycles. The molecule has 60 valence electrons. The molecular weight excluding hydrogens is 167 g/mol. The van der Waals surface area contributed by atoms with E-state index in [2.05, 4.69) is 0 Å². The van der Waals surface area contributed by atoms with Gasteiger partial charge in [-0.2, -0.15) is 0 Å². The minimum Gasteiger partial charge on any atom is -0.631 e. The highest BCUT2D eigenvalue weighted by Gasteiger charge is 2.06. The van der Waals surface area contributed by atoms with Crippen LogP contribution in [0.1, 0.15) is 6.42 Å². The summed E-state index contributed by atoms with van der Waals surface area (Å²) >= 11 is 0. The molecule has 0 amide bonds. The van der Waals surface area contributed by atoms with Crippen molar-refractivity contribution in [1.82, 2.24) is 0 Å². The molecule has 4 nitrogen and oxygen atoms in total. The third kappa shape index (κ3) is 4.45. The lowest BCUT2D eigenvalue weighted by atomic mass is 10.2. The van der Waals surface area contributed by atoms with Crippen LogP contribution in [-0.2, 0) is 9.59 Å². The molecule has 0 bridgehead atoms. The van der Waals surface area contributed by atoms with Crippen molar-refractivity contribution in [3.8, 4) is 0 Å². The molecule has 0 aliphatic rings. The fourth-order valence-corrected chi connectivity index (χ4v) is 0.832. The number of carbonyl (C=O) groups is 1. The minimum absolute atomic E-state index is 0.0927. The van der Waals surface area contributed by atoms with Gasteiger partial charge in [-0.15, -0.1) is 0 Å². The molecule has 0 aromatic rings. The van der Waals surface area contributed by atoms with Crippen LogP contribution in [0.3, 0.4) is 0 Å². The number of aliphatic carboxylic acids is 1. The predicted molar refractivity (Wildman–Crippen MR) is 40.4 cm³/mol. The zero-order valence-electron chi connectivity index (χ0n) is 5.90. The molecular formula is C6H7O4P. The first-order chi connectivity index (χ1) is 5.07. The van der Waals surface area contributed by atoms with E-state index in [9.17, 15) is 14.5 Å². The van der Waals surface area contributed by atoms with Gasteiger partial charge in [-0.1, -0.05) is 0 Å². The molecule has 0 aliphatic carbocycles. The maximum absolute atomic E-state index is 10.4. The maximum Gasteiger partial charge on any atom is 0.343 e. The molecule has 0 aromatic carbocycles. The molecule has 5 heteroatoms. The lowest BCUT2D eigenvalue weighted by molar-refractivity contribution is -0.151. The number of hydrogen-bond donors (Lipinski definition) is 1.